The van der Waals surface area contributed by atoms with Crippen LogP contribution in [-0.2, 0) is 11.3 Å². The molecular weight excluding hydrogens is 243 g/mol. The molecule has 14 heavy (non-hydrogen) atoms. The maximum absolute atomic E-state index is 11.0. The molecule has 0 aliphatic rings. The fourth-order valence-corrected chi connectivity index (χ4v) is 1.88. The van der Waals surface area contributed by atoms with Gasteiger partial charge >= 0.3 is 0 Å². The standard InChI is InChI=1S/C8H11ClN2OS.ClH/c9-7-2-1-6(13-7)5-11-8(12)3-4-10;/h1-2H,3-5,10H2,(H,11,12);1H. The topological polar surface area (TPSA) is 55.1 Å². The lowest BCUT2D eigenvalue weighted by atomic mass is 10.4. The predicted octanol–water partition coefficient (Wildman–Crippen LogP) is 1.79. The molecule has 0 aliphatic carbocycles. The number of halogens is 2. The molecule has 80 valence electrons. The second-order valence-electron chi connectivity index (χ2n) is 2.52. The van der Waals surface area contributed by atoms with Crippen LogP contribution in [0.4, 0.5) is 0 Å². The number of amides is 1. The number of hydrogen-bond donors (Lipinski definition) is 2. The second kappa shape index (κ2) is 7.06. The maximum Gasteiger partial charge on any atom is 0.221 e. The van der Waals surface area contributed by atoms with E-state index in [4.69, 9.17) is 17.3 Å². The van der Waals surface area contributed by atoms with Crippen molar-refractivity contribution >= 4 is 41.3 Å². The Kier molecular flexibility index (Phi) is 6.92. The fourth-order valence-electron chi connectivity index (χ4n) is 0.852. The molecule has 1 aromatic rings. The molecule has 0 spiro atoms. The molecule has 0 radical (unpaired) electrons. The van der Waals surface area contributed by atoms with Crippen LogP contribution < -0.4 is 11.1 Å². The van der Waals surface area contributed by atoms with Gasteiger partial charge in [-0.25, -0.2) is 0 Å². The average Bonchev–Trinajstić information content (AvgIpc) is 2.49. The molecule has 1 aromatic heterocycles. The maximum atomic E-state index is 11.0. The van der Waals surface area contributed by atoms with Gasteiger partial charge in [-0.05, 0) is 12.1 Å². The summed E-state index contributed by atoms with van der Waals surface area (Å²) in [6, 6.07) is 3.71. The molecule has 3 N–H and O–H groups in total. The summed E-state index contributed by atoms with van der Waals surface area (Å²) in [5.74, 6) is -0.0213. The highest BCUT2D eigenvalue weighted by Crippen LogP contribution is 2.20. The van der Waals surface area contributed by atoms with E-state index in [0.717, 1.165) is 9.21 Å². The van der Waals surface area contributed by atoms with E-state index in [-0.39, 0.29) is 18.3 Å². The van der Waals surface area contributed by atoms with Crippen molar-refractivity contribution in [2.75, 3.05) is 6.54 Å². The molecule has 0 saturated heterocycles. The van der Waals surface area contributed by atoms with Crippen molar-refractivity contribution in [2.45, 2.75) is 13.0 Å². The minimum atomic E-state index is -0.0213. The summed E-state index contributed by atoms with van der Waals surface area (Å²) in [7, 11) is 0. The Hall–Kier alpha value is -0.290. The first-order valence-corrected chi connectivity index (χ1v) is 5.13. The van der Waals surface area contributed by atoms with Gasteiger partial charge in [0.2, 0.25) is 5.91 Å². The zero-order valence-corrected chi connectivity index (χ0v) is 9.85. The number of nitrogens with two attached hydrogens (primary N) is 1. The van der Waals surface area contributed by atoms with Gasteiger partial charge in [-0.3, -0.25) is 4.79 Å². The quantitative estimate of drug-likeness (QED) is 0.861. The molecule has 0 fully saturated rings. The van der Waals surface area contributed by atoms with E-state index in [1.165, 1.54) is 11.3 Å². The first-order chi connectivity index (χ1) is 6.22. The van der Waals surface area contributed by atoms with Crippen molar-refractivity contribution in [3.05, 3.63) is 21.3 Å². The largest absolute Gasteiger partial charge is 0.351 e. The molecule has 0 atom stereocenters. The van der Waals surface area contributed by atoms with Gasteiger partial charge in [0.15, 0.2) is 0 Å². The van der Waals surface area contributed by atoms with E-state index in [1.807, 2.05) is 12.1 Å². The molecule has 0 saturated carbocycles. The smallest absolute Gasteiger partial charge is 0.221 e. The average molecular weight is 255 g/mol. The summed E-state index contributed by atoms with van der Waals surface area (Å²) in [4.78, 5) is 12.1. The number of carbonyl (C=O) groups is 1. The number of nitrogens with one attached hydrogen (secondary N) is 1. The monoisotopic (exact) mass is 254 g/mol. The van der Waals surface area contributed by atoms with Crippen LogP contribution in [0.3, 0.4) is 0 Å². The molecule has 0 aromatic carbocycles. The molecule has 1 heterocycles. The fraction of sp³-hybridized carbons (Fsp3) is 0.375. The van der Waals surface area contributed by atoms with Crippen LogP contribution in [0.25, 0.3) is 0 Å². The Bertz CT molecular complexity index is 291. The van der Waals surface area contributed by atoms with Crippen LogP contribution in [0.15, 0.2) is 12.1 Å². The van der Waals surface area contributed by atoms with Crippen LogP contribution >= 0.6 is 35.3 Å². The number of thiophene rings is 1. The SMILES string of the molecule is Cl.NCCC(=O)NCc1ccc(Cl)s1. The van der Waals surface area contributed by atoms with Crippen LogP contribution in [0, 0.1) is 0 Å². The third kappa shape index (κ3) is 4.81. The number of hydrogen-bond acceptors (Lipinski definition) is 3. The summed E-state index contributed by atoms with van der Waals surface area (Å²) < 4.78 is 0.739. The lowest BCUT2D eigenvalue weighted by molar-refractivity contribution is -0.121. The molecule has 0 unspecified atom stereocenters. The molecular formula is C8H12Cl2N2OS. The Balaban J connectivity index is 0.00000169. The van der Waals surface area contributed by atoms with E-state index in [9.17, 15) is 4.79 Å². The minimum Gasteiger partial charge on any atom is -0.351 e. The Morgan fingerprint density at radius 1 is 1.57 bits per heavy atom. The zero-order chi connectivity index (χ0) is 9.68. The molecule has 1 rings (SSSR count). The summed E-state index contributed by atoms with van der Waals surface area (Å²) in [6.45, 7) is 0.924. The normalized spacial score (nSPS) is 9.29. The lowest BCUT2D eigenvalue weighted by Gasteiger charge is -2.00. The van der Waals surface area contributed by atoms with Gasteiger partial charge in [-0.15, -0.1) is 23.7 Å². The molecule has 0 aliphatic heterocycles. The van der Waals surface area contributed by atoms with Gasteiger partial charge in [0, 0.05) is 17.8 Å². The van der Waals surface area contributed by atoms with Crippen molar-refractivity contribution in [1.29, 1.82) is 0 Å². The highest BCUT2D eigenvalue weighted by Gasteiger charge is 2.01. The van der Waals surface area contributed by atoms with Gasteiger partial charge in [-0.1, -0.05) is 11.6 Å². The second-order valence-corrected chi connectivity index (χ2v) is 4.32. The van der Waals surface area contributed by atoms with Crippen LogP contribution in [0.5, 0.6) is 0 Å². The summed E-state index contributed by atoms with van der Waals surface area (Å²) in [5.41, 5.74) is 5.22. The van der Waals surface area contributed by atoms with Gasteiger partial charge in [-0.2, -0.15) is 0 Å². The first-order valence-electron chi connectivity index (χ1n) is 3.93. The van der Waals surface area contributed by atoms with Crippen molar-refractivity contribution in [3.8, 4) is 0 Å². The number of carbonyl (C=O) groups excluding carboxylic acids is 1. The summed E-state index contributed by atoms with van der Waals surface area (Å²) in [5, 5.41) is 2.75. The van der Waals surface area contributed by atoms with Crippen molar-refractivity contribution < 1.29 is 4.79 Å². The van der Waals surface area contributed by atoms with Gasteiger partial charge in [0.1, 0.15) is 0 Å². The van der Waals surface area contributed by atoms with E-state index in [1.54, 1.807) is 0 Å². The van der Waals surface area contributed by atoms with E-state index in [0.29, 0.717) is 19.5 Å². The molecule has 3 nitrogen and oxygen atoms in total. The Morgan fingerprint density at radius 2 is 2.29 bits per heavy atom. The van der Waals surface area contributed by atoms with Gasteiger partial charge < -0.3 is 11.1 Å². The zero-order valence-electron chi connectivity index (χ0n) is 7.46. The van der Waals surface area contributed by atoms with Crippen molar-refractivity contribution in [3.63, 3.8) is 0 Å². The van der Waals surface area contributed by atoms with Crippen molar-refractivity contribution in [2.24, 2.45) is 5.73 Å². The van der Waals surface area contributed by atoms with Crippen LogP contribution in [0.2, 0.25) is 4.34 Å². The lowest BCUT2D eigenvalue weighted by Crippen LogP contribution is -2.24. The third-order valence-electron chi connectivity index (χ3n) is 1.46. The summed E-state index contributed by atoms with van der Waals surface area (Å²) >= 11 is 7.19. The minimum absolute atomic E-state index is 0. The highest BCUT2D eigenvalue weighted by atomic mass is 35.5. The predicted molar refractivity (Wildman–Crippen MR) is 62.1 cm³/mol. The number of rotatable bonds is 4. The van der Waals surface area contributed by atoms with E-state index in [2.05, 4.69) is 5.32 Å². The highest BCUT2D eigenvalue weighted by molar-refractivity contribution is 7.16. The Labute approximate surface area is 98.0 Å². The Morgan fingerprint density at radius 3 is 2.79 bits per heavy atom. The van der Waals surface area contributed by atoms with E-state index >= 15 is 0 Å². The van der Waals surface area contributed by atoms with Crippen molar-refractivity contribution in [1.82, 2.24) is 5.32 Å². The molecule has 1 amide bonds. The summed E-state index contributed by atoms with van der Waals surface area (Å²) in [6.07, 6.45) is 0.374. The van der Waals surface area contributed by atoms with Gasteiger partial charge in [0.05, 0.1) is 10.9 Å². The molecule has 0 bridgehead atoms. The first kappa shape index (κ1) is 13.7. The molecule has 6 heteroatoms. The third-order valence-corrected chi connectivity index (χ3v) is 2.69. The van der Waals surface area contributed by atoms with E-state index < -0.39 is 0 Å². The van der Waals surface area contributed by atoms with Crippen LogP contribution in [-0.4, -0.2) is 12.5 Å². The van der Waals surface area contributed by atoms with Gasteiger partial charge in [0.25, 0.3) is 0 Å². The van der Waals surface area contributed by atoms with Crippen LogP contribution in [0.1, 0.15) is 11.3 Å².